The Morgan fingerprint density at radius 1 is 1.30 bits per heavy atom. The maximum Gasteiger partial charge on any atom is 0.186 e. The quantitative estimate of drug-likeness (QED) is 0.518. The molecule has 0 bridgehead atoms. The van der Waals surface area contributed by atoms with E-state index in [1.807, 2.05) is 6.92 Å². The van der Waals surface area contributed by atoms with Crippen LogP contribution >= 0.6 is 0 Å². The lowest BCUT2D eigenvalue weighted by Crippen LogP contribution is -2.72. The summed E-state index contributed by atoms with van der Waals surface area (Å²) in [7, 11) is 0. The summed E-state index contributed by atoms with van der Waals surface area (Å²) in [5.74, 6) is 0. The molecule has 6 nitrogen and oxygen atoms in total. The van der Waals surface area contributed by atoms with Crippen LogP contribution in [0.15, 0.2) is 12.2 Å². The third kappa shape index (κ3) is 3.78. The van der Waals surface area contributed by atoms with E-state index in [1.165, 1.54) is 13.8 Å². The van der Waals surface area contributed by atoms with Crippen molar-refractivity contribution in [3.63, 3.8) is 0 Å². The minimum Gasteiger partial charge on any atom is -0.394 e. The maximum atomic E-state index is 10.5. The fourth-order valence-electron chi connectivity index (χ4n) is 2.70. The molecule has 6 atom stereocenters. The molecule has 1 fully saturated rings. The first-order valence-corrected chi connectivity index (χ1v) is 8.10. The molecule has 0 saturated carbocycles. The summed E-state index contributed by atoms with van der Waals surface area (Å²) < 4.78 is 11.1. The summed E-state index contributed by atoms with van der Waals surface area (Å²) in [6, 6.07) is 0. The number of hydrogen-bond donors (Lipinski definition) is 4. The molecule has 0 aromatic rings. The number of hydrogen-bond acceptors (Lipinski definition) is 6. The van der Waals surface area contributed by atoms with Gasteiger partial charge in [-0.3, -0.25) is 0 Å². The molecular weight excluding hydrogens is 300 g/mol. The minimum atomic E-state index is -1.87. The van der Waals surface area contributed by atoms with E-state index in [9.17, 15) is 20.4 Å². The van der Waals surface area contributed by atoms with Crippen molar-refractivity contribution in [1.82, 2.24) is 0 Å². The van der Waals surface area contributed by atoms with E-state index in [0.717, 1.165) is 12.0 Å². The van der Waals surface area contributed by atoms with Gasteiger partial charge in [-0.15, -0.1) is 0 Å². The van der Waals surface area contributed by atoms with E-state index in [-0.39, 0.29) is 5.41 Å². The highest BCUT2D eigenvalue weighted by Crippen LogP contribution is 2.39. The number of ether oxygens (including phenoxy) is 2. The Morgan fingerprint density at radius 3 is 2.30 bits per heavy atom. The van der Waals surface area contributed by atoms with Gasteiger partial charge in [0, 0.05) is 0 Å². The predicted molar refractivity (Wildman–Crippen MR) is 86.8 cm³/mol. The molecule has 0 radical (unpaired) electrons. The van der Waals surface area contributed by atoms with Crippen molar-refractivity contribution in [2.45, 2.75) is 77.2 Å². The van der Waals surface area contributed by atoms with Gasteiger partial charge in [-0.2, -0.15) is 0 Å². The zero-order chi connectivity index (χ0) is 18.1. The minimum absolute atomic E-state index is 0.0794. The lowest BCUT2D eigenvalue weighted by Gasteiger charge is -2.52. The Hall–Kier alpha value is -0.500. The van der Waals surface area contributed by atoms with Crippen LogP contribution in [0.1, 0.15) is 47.5 Å². The van der Waals surface area contributed by atoms with Gasteiger partial charge in [0.15, 0.2) is 6.29 Å². The Labute approximate surface area is 138 Å². The van der Waals surface area contributed by atoms with Crippen molar-refractivity contribution in [2.75, 3.05) is 13.2 Å². The Balaban J connectivity index is 2.76. The Bertz CT molecular complexity index is 419. The van der Waals surface area contributed by atoms with Crippen LogP contribution in [0.5, 0.6) is 0 Å². The van der Waals surface area contributed by atoms with Gasteiger partial charge in [-0.25, -0.2) is 0 Å². The molecule has 0 spiro atoms. The summed E-state index contributed by atoms with van der Waals surface area (Å²) in [5.41, 5.74) is -2.69. The van der Waals surface area contributed by atoms with Gasteiger partial charge in [-0.05, 0) is 39.0 Å². The molecule has 1 rings (SSSR count). The van der Waals surface area contributed by atoms with E-state index in [4.69, 9.17) is 9.47 Å². The Kier molecular flexibility index (Phi) is 6.40. The lowest BCUT2D eigenvalue weighted by atomic mass is 9.75. The van der Waals surface area contributed by atoms with Gasteiger partial charge in [0.25, 0.3) is 0 Å². The lowest BCUT2D eigenvalue weighted by molar-refractivity contribution is -0.357. The van der Waals surface area contributed by atoms with Crippen molar-refractivity contribution < 1.29 is 29.9 Å². The van der Waals surface area contributed by atoms with Gasteiger partial charge in [0.05, 0.1) is 13.2 Å². The topological polar surface area (TPSA) is 99.4 Å². The third-order valence-corrected chi connectivity index (χ3v) is 5.70. The molecule has 4 N–H and O–H groups in total. The second kappa shape index (κ2) is 7.17. The van der Waals surface area contributed by atoms with E-state index >= 15 is 0 Å². The third-order valence-electron chi connectivity index (χ3n) is 5.70. The molecule has 0 aromatic heterocycles. The average molecular weight is 332 g/mol. The fraction of sp³-hybridized carbons (Fsp3) is 0.882. The molecule has 1 aliphatic rings. The average Bonchev–Trinajstić information content (AvgIpc) is 2.47. The maximum absolute atomic E-state index is 10.5. The van der Waals surface area contributed by atoms with Gasteiger partial charge in [-0.1, -0.05) is 26.0 Å². The number of aliphatic hydroxyl groups is 4. The molecule has 23 heavy (non-hydrogen) atoms. The highest BCUT2D eigenvalue weighted by Gasteiger charge is 2.59. The van der Waals surface area contributed by atoms with Gasteiger partial charge in [0.2, 0.25) is 0 Å². The first-order valence-electron chi connectivity index (χ1n) is 8.10. The van der Waals surface area contributed by atoms with Crippen molar-refractivity contribution >= 4 is 0 Å². The van der Waals surface area contributed by atoms with Gasteiger partial charge >= 0.3 is 0 Å². The molecule has 0 aliphatic carbocycles. The van der Waals surface area contributed by atoms with Crippen LogP contribution in [0.2, 0.25) is 0 Å². The van der Waals surface area contributed by atoms with Crippen molar-refractivity contribution in [3.8, 4) is 0 Å². The zero-order valence-corrected chi connectivity index (χ0v) is 14.9. The van der Waals surface area contributed by atoms with Crippen LogP contribution < -0.4 is 0 Å². The van der Waals surface area contributed by atoms with E-state index in [1.54, 1.807) is 0 Å². The first kappa shape index (κ1) is 20.5. The van der Waals surface area contributed by atoms with E-state index < -0.39 is 36.3 Å². The highest BCUT2D eigenvalue weighted by atomic mass is 16.7. The van der Waals surface area contributed by atoms with Gasteiger partial charge < -0.3 is 29.9 Å². The summed E-state index contributed by atoms with van der Waals surface area (Å²) in [4.78, 5) is 0. The number of aliphatic hydroxyl groups excluding tert-OH is 2. The van der Waals surface area contributed by atoms with Crippen LogP contribution in [0.3, 0.4) is 0 Å². The van der Waals surface area contributed by atoms with Crippen molar-refractivity contribution in [3.05, 3.63) is 12.2 Å². The standard InChI is InChI=1S/C17H32O6/c1-7-15(4,11(2)3)8-9-22-14-13(19)17(6,21)16(5,20)12(10-18)23-14/h12-14,18-21H,2,7-10H2,1,3-6H3. The van der Waals surface area contributed by atoms with E-state index in [2.05, 4.69) is 20.4 Å². The highest BCUT2D eigenvalue weighted by molar-refractivity contribution is 5.08. The SMILES string of the molecule is C=C(C)C(C)(CC)CCOC1OC(CO)C(C)(O)C(C)(O)C1O. The molecule has 1 heterocycles. The smallest absolute Gasteiger partial charge is 0.186 e. The molecule has 1 aliphatic heterocycles. The summed E-state index contributed by atoms with van der Waals surface area (Å²) in [6.07, 6.45) is -2.00. The second-order valence-electron chi connectivity index (χ2n) is 7.23. The van der Waals surface area contributed by atoms with Crippen LogP contribution in [0.4, 0.5) is 0 Å². The summed E-state index contributed by atoms with van der Waals surface area (Å²) in [5, 5.41) is 40.5. The predicted octanol–water partition coefficient (Wildman–Crippen LogP) is 0.966. The van der Waals surface area contributed by atoms with Gasteiger partial charge in [0.1, 0.15) is 23.4 Å². The molecule has 0 aromatic carbocycles. The Morgan fingerprint density at radius 2 is 1.87 bits per heavy atom. The van der Waals surface area contributed by atoms with Crippen LogP contribution in [-0.4, -0.2) is 63.3 Å². The zero-order valence-electron chi connectivity index (χ0n) is 14.9. The van der Waals surface area contributed by atoms with Crippen LogP contribution in [0, 0.1) is 5.41 Å². The summed E-state index contributed by atoms with van der Waals surface area (Å²) in [6.45, 7) is 12.6. The largest absolute Gasteiger partial charge is 0.394 e. The van der Waals surface area contributed by atoms with Crippen LogP contribution in [0.25, 0.3) is 0 Å². The number of rotatable bonds is 7. The molecule has 0 amide bonds. The molecule has 1 saturated heterocycles. The summed E-state index contributed by atoms with van der Waals surface area (Å²) >= 11 is 0. The van der Waals surface area contributed by atoms with Crippen molar-refractivity contribution in [1.29, 1.82) is 0 Å². The normalized spacial score (nSPS) is 40.7. The molecule has 6 unspecified atom stereocenters. The molecule has 6 heteroatoms. The monoisotopic (exact) mass is 332 g/mol. The van der Waals surface area contributed by atoms with E-state index in [0.29, 0.717) is 13.0 Å². The second-order valence-corrected chi connectivity index (χ2v) is 7.23. The fourth-order valence-corrected chi connectivity index (χ4v) is 2.70. The van der Waals surface area contributed by atoms with Crippen molar-refractivity contribution in [2.24, 2.45) is 5.41 Å². The molecule has 136 valence electrons. The van der Waals surface area contributed by atoms with Crippen LogP contribution in [-0.2, 0) is 9.47 Å². The first-order chi connectivity index (χ1) is 10.4. The molecular formula is C17H32O6. The number of allylic oxidation sites excluding steroid dienone is 1.